The van der Waals surface area contributed by atoms with Gasteiger partial charge in [0.15, 0.2) is 0 Å². The summed E-state index contributed by atoms with van der Waals surface area (Å²) in [5, 5.41) is 4.20. The highest BCUT2D eigenvalue weighted by molar-refractivity contribution is 6.42. The molecule has 2 rings (SSSR count). The molecule has 2 amide bonds. The fourth-order valence-corrected chi connectivity index (χ4v) is 3.06. The smallest absolute Gasteiger partial charge is 0.242 e. The molecule has 1 N–H and O–H groups in total. The number of rotatable bonds is 7. The number of nitrogens with zero attached hydrogens (tertiary/aromatic N) is 1. The van der Waals surface area contributed by atoms with Gasteiger partial charge in [0.2, 0.25) is 11.8 Å². The maximum Gasteiger partial charge on any atom is 0.242 e. The van der Waals surface area contributed by atoms with E-state index in [1.54, 1.807) is 42.2 Å². The molecule has 144 valence electrons. The van der Waals surface area contributed by atoms with Crippen molar-refractivity contribution in [1.82, 2.24) is 10.2 Å². The Morgan fingerprint density at radius 1 is 1.00 bits per heavy atom. The average molecular weight is 428 g/mol. The summed E-state index contributed by atoms with van der Waals surface area (Å²) in [5.74, 6) is -0.379. The molecule has 0 aliphatic heterocycles. The molecule has 0 bridgehead atoms. The van der Waals surface area contributed by atoms with Crippen LogP contribution in [0.4, 0.5) is 0 Å². The second-order valence-electron chi connectivity index (χ2n) is 6.14. The van der Waals surface area contributed by atoms with E-state index in [1.165, 1.54) is 0 Å². The first kappa shape index (κ1) is 21.5. The fourth-order valence-electron chi connectivity index (χ4n) is 2.62. The highest BCUT2D eigenvalue weighted by Gasteiger charge is 2.26. The van der Waals surface area contributed by atoms with E-state index in [-0.39, 0.29) is 18.2 Å². The van der Waals surface area contributed by atoms with Crippen LogP contribution in [-0.4, -0.2) is 29.3 Å². The number of likely N-dealkylation sites (N-methyl/N-ethyl adjacent to an activating group) is 1. The fraction of sp³-hybridized carbons (Fsp3) is 0.300. The molecule has 1 atom stereocenters. The molecule has 0 fully saturated rings. The molecule has 0 unspecified atom stereocenters. The van der Waals surface area contributed by atoms with E-state index in [1.807, 2.05) is 19.1 Å². The number of hydrogen-bond donors (Lipinski definition) is 1. The van der Waals surface area contributed by atoms with Gasteiger partial charge in [-0.3, -0.25) is 9.59 Å². The van der Waals surface area contributed by atoms with Crippen LogP contribution < -0.4 is 5.32 Å². The van der Waals surface area contributed by atoms with Gasteiger partial charge in [-0.25, -0.2) is 0 Å². The molecule has 0 aromatic heterocycles. The maximum atomic E-state index is 13.0. The van der Waals surface area contributed by atoms with Crippen LogP contribution in [0.3, 0.4) is 0 Å². The van der Waals surface area contributed by atoms with Crippen molar-refractivity contribution in [3.8, 4) is 0 Å². The Labute approximate surface area is 174 Å². The number of carbonyl (C=O) groups is 2. The zero-order chi connectivity index (χ0) is 20.0. The lowest BCUT2D eigenvalue weighted by molar-refractivity contribution is -0.140. The van der Waals surface area contributed by atoms with E-state index < -0.39 is 6.04 Å². The molecule has 0 radical (unpaired) electrons. The van der Waals surface area contributed by atoms with Crippen molar-refractivity contribution in [2.75, 3.05) is 6.54 Å². The molecule has 2 aromatic carbocycles. The first-order valence-electron chi connectivity index (χ1n) is 8.57. The number of amides is 2. The summed E-state index contributed by atoms with van der Waals surface area (Å²) in [7, 11) is 0. The standard InChI is InChI=1S/C20H21Cl3N2O2/c1-3-24-20(27)13(2)25(12-14-4-7-16(21)8-5-14)19(26)11-15-6-9-17(22)18(23)10-15/h4-10,13H,3,11-12H2,1-2H3,(H,24,27)/t13-/m0/s1. The van der Waals surface area contributed by atoms with Crippen molar-refractivity contribution in [1.29, 1.82) is 0 Å². The molecule has 0 aliphatic carbocycles. The van der Waals surface area contributed by atoms with Gasteiger partial charge in [-0.05, 0) is 49.2 Å². The Hall–Kier alpha value is -1.75. The first-order chi connectivity index (χ1) is 12.8. The van der Waals surface area contributed by atoms with Crippen molar-refractivity contribution in [3.05, 3.63) is 68.7 Å². The lowest BCUT2D eigenvalue weighted by atomic mass is 10.1. The lowest BCUT2D eigenvalue weighted by Crippen LogP contribution is -2.48. The van der Waals surface area contributed by atoms with Crippen LogP contribution in [-0.2, 0) is 22.6 Å². The third-order valence-electron chi connectivity index (χ3n) is 4.12. The third-order valence-corrected chi connectivity index (χ3v) is 5.11. The summed E-state index contributed by atoms with van der Waals surface area (Å²) >= 11 is 17.9. The molecule has 4 nitrogen and oxygen atoms in total. The third kappa shape index (κ3) is 6.13. The molecular formula is C20H21Cl3N2O2. The molecule has 7 heteroatoms. The Bertz CT molecular complexity index is 809. The van der Waals surface area contributed by atoms with Crippen molar-refractivity contribution in [2.45, 2.75) is 32.9 Å². The van der Waals surface area contributed by atoms with Gasteiger partial charge in [-0.1, -0.05) is 53.0 Å². The van der Waals surface area contributed by atoms with Gasteiger partial charge < -0.3 is 10.2 Å². The minimum absolute atomic E-state index is 0.119. The van der Waals surface area contributed by atoms with E-state index in [4.69, 9.17) is 34.8 Å². The number of hydrogen-bond acceptors (Lipinski definition) is 2. The average Bonchev–Trinajstić information content (AvgIpc) is 2.64. The first-order valence-corrected chi connectivity index (χ1v) is 9.70. The van der Waals surface area contributed by atoms with Crippen molar-refractivity contribution in [3.63, 3.8) is 0 Å². The molecule has 27 heavy (non-hydrogen) atoms. The summed E-state index contributed by atoms with van der Waals surface area (Å²) in [5.41, 5.74) is 1.62. The van der Waals surface area contributed by atoms with E-state index in [2.05, 4.69) is 5.32 Å². The summed E-state index contributed by atoms with van der Waals surface area (Å²) < 4.78 is 0. The summed E-state index contributed by atoms with van der Waals surface area (Å²) in [6.45, 7) is 4.36. The van der Waals surface area contributed by atoms with E-state index >= 15 is 0 Å². The second-order valence-corrected chi connectivity index (χ2v) is 7.39. The van der Waals surface area contributed by atoms with Crippen LogP contribution in [0.15, 0.2) is 42.5 Å². The number of carbonyl (C=O) groups excluding carboxylic acids is 2. The Morgan fingerprint density at radius 2 is 1.63 bits per heavy atom. The molecular weight excluding hydrogens is 407 g/mol. The van der Waals surface area contributed by atoms with E-state index in [9.17, 15) is 9.59 Å². The van der Waals surface area contributed by atoms with Crippen LogP contribution in [0.2, 0.25) is 15.1 Å². The van der Waals surface area contributed by atoms with Crippen LogP contribution >= 0.6 is 34.8 Å². The van der Waals surface area contributed by atoms with Crippen LogP contribution in [0, 0.1) is 0 Å². The van der Waals surface area contributed by atoms with E-state index in [0.29, 0.717) is 28.2 Å². The number of benzene rings is 2. The molecule has 0 heterocycles. The van der Waals surface area contributed by atoms with Gasteiger partial charge in [0.1, 0.15) is 6.04 Å². The number of halogens is 3. The van der Waals surface area contributed by atoms with E-state index in [0.717, 1.165) is 11.1 Å². The molecule has 0 aliphatic rings. The predicted octanol–water partition coefficient (Wildman–Crippen LogP) is 4.74. The van der Waals surface area contributed by atoms with Gasteiger partial charge >= 0.3 is 0 Å². The summed E-state index contributed by atoms with van der Waals surface area (Å²) in [4.78, 5) is 26.8. The zero-order valence-corrected chi connectivity index (χ0v) is 17.4. The van der Waals surface area contributed by atoms with Crippen LogP contribution in [0.25, 0.3) is 0 Å². The highest BCUT2D eigenvalue weighted by Crippen LogP contribution is 2.23. The van der Waals surface area contributed by atoms with Gasteiger partial charge in [-0.15, -0.1) is 0 Å². The Morgan fingerprint density at radius 3 is 2.22 bits per heavy atom. The molecule has 2 aromatic rings. The van der Waals surface area contributed by atoms with Gasteiger partial charge in [-0.2, -0.15) is 0 Å². The maximum absolute atomic E-state index is 13.0. The summed E-state index contributed by atoms with van der Waals surface area (Å²) in [6, 6.07) is 11.7. The molecule has 0 spiro atoms. The highest BCUT2D eigenvalue weighted by atomic mass is 35.5. The lowest BCUT2D eigenvalue weighted by Gasteiger charge is -2.29. The normalized spacial score (nSPS) is 11.7. The molecule has 0 saturated heterocycles. The van der Waals surface area contributed by atoms with Gasteiger partial charge in [0, 0.05) is 18.1 Å². The van der Waals surface area contributed by atoms with Crippen molar-refractivity contribution >= 4 is 46.6 Å². The van der Waals surface area contributed by atoms with Crippen LogP contribution in [0.1, 0.15) is 25.0 Å². The Kier molecular flexibility index (Phi) is 7.96. The minimum atomic E-state index is -0.615. The van der Waals surface area contributed by atoms with Crippen LogP contribution in [0.5, 0.6) is 0 Å². The largest absolute Gasteiger partial charge is 0.355 e. The predicted molar refractivity (Wildman–Crippen MR) is 110 cm³/mol. The molecule has 0 saturated carbocycles. The zero-order valence-electron chi connectivity index (χ0n) is 15.1. The minimum Gasteiger partial charge on any atom is -0.355 e. The Balaban J connectivity index is 2.23. The monoisotopic (exact) mass is 426 g/mol. The van der Waals surface area contributed by atoms with Crippen molar-refractivity contribution < 1.29 is 9.59 Å². The SMILES string of the molecule is CCNC(=O)[C@H](C)N(Cc1ccc(Cl)cc1)C(=O)Cc1ccc(Cl)c(Cl)c1. The van der Waals surface area contributed by atoms with Gasteiger partial charge in [0.25, 0.3) is 0 Å². The van der Waals surface area contributed by atoms with Crippen molar-refractivity contribution in [2.24, 2.45) is 0 Å². The van der Waals surface area contributed by atoms with Gasteiger partial charge in [0.05, 0.1) is 16.5 Å². The number of nitrogens with one attached hydrogen (secondary N) is 1. The summed E-state index contributed by atoms with van der Waals surface area (Å²) in [6.07, 6.45) is 0.119. The topological polar surface area (TPSA) is 49.4 Å². The quantitative estimate of drug-likeness (QED) is 0.693. The second kappa shape index (κ2) is 9.98.